The standard InChI is InChI=1S/C17H29N3O4/c1-12(18-10-14-9-13(2)24-19-14)8-15-11-22-7-6-20(15)16(21)23-17(3,4)5/h9,12,15,18H,6-8,10-11H2,1-5H3. The minimum atomic E-state index is -0.491. The van der Waals surface area contributed by atoms with Crippen LogP contribution in [0.25, 0.3) is 0 Å². The van der Waals surface area contributed by atoms with Crippen molar-refractivity contribution in [3.8, 4) is 0 Å². The molecular weight excluding hydrogens is 310 g/mol. The molecule has 0 spiro atoms. The van der Waals surface area contributed by atoms with E-state index in [4.69, 9.17) is 14.0 Å². The van der Waals surface area contributed by atoms with Crippen LogP contribution in [-0.2, 0) is 16.0 Å². The molecule has 1 amide bonds. The molecule has 2 atom stereocenters. The molecule has 2 unspecified atom stereocenters. The second-order valence-corrected chi connectivity index (χ2v) is 7.35. The highest BCUT2D eigenvalue weighted by atomic mass is 16.6. The molecule has 1 N–H and O–H groups in total. The number of aromatic nitrogens is 1. The molecule has 0 aliphatic carbocycles. The third-order valence-electron chi connectivity index (χ3n) is 3.79. The molecule has 0 saturated carbocycles. The molecule has 1 aliphatic rings. The lowest BCUT2D eigenvalue weighted by molar-refractivity contribution is -0.0356. The zero-order chi connectivity index (χ0) is 17.7. The number of carbonyl (C=O) groups excluding carboxylic acids is 1. The van der Waals surface area contributed by atoms with Crippen LogP contribution >= 0.6 is 0 Å². The lowest BCUT2D eigenvalue weighted by Gasteiger charge is -2.37. The van der Waals surface area contributed by atoms with Gasteiger partial charge in [0.15, 0.2) is 0 Å². The van der Waals surface area contributed by atoms with Gasteiger partial charge in [0.2, 0.25) is 0 Å². The van der Waals surface area contributed by atoms with Crippen molar-refractivity contribution in [2.24, 2.45) is 0 Å². The Bertz CT molecular complexity index is 538. The van der Waals surface area contributed by atoms with Crippen LogP contribution in [0.1, 0.15) is 45.6 Å². The summed E-state index contributed by atoms with van der Waals surface area (Å²) in [5, 5.41) is 7.38. The van der Waals surface area contributed by atoms with E-state index < -0.39 is 5.60 Å². The largest absolute Gasteiger partial charge is 0.444 e. The van der Waals surface area contributed by atoms with Crippen LogP contribution in [0, 0.1) is 6.92 Å². The molecular formula is C17H29N3O4. The van der Waals surface area contributed by atoms with Gasteiger partial charge in [0.25, 0.3) is 0 Å². The predicted molar refractivity (Wildman–Crippen MR) is 89.7 cm³/mol. The third-order valence-corrected chi connectivity index (χ3v) is 3.79. The Kier molecular flexibility index (Phi) is 6.23. The Morgan fingerprint density at radius 2 is 2.29 bits per heavy atom. The molecule has 1 fully saturated rings. The summed E-state index contributed by atoms with van der Waals surface area (Å²) in [6.45, 7) is 11.9. The van der Waals surface area contributed by atoms with E-state index in [0.29, 0.717) is 26.3 Å². The lowest BCUT2D eigenvalue weighted by Crippen LogP contribution is -2.52. The quantitative estimate of drug-likeness (QED) is 0.888. The predicted octanol–water partition coefficient (Wildman–Crippen LogP) is 2.49. The van der Waals surface area contributed by atoms with Crippen molar-refractivity contribution in [2.45, 2.75) is 65.3 Å². The zero-order valence-corrected chi connectivity index (χ0v) is 15.3. The van der Waals surface area contributed by atoms with Crippen molar-refractivity contribution in [3.05, 3.63) is 17.5 Å². The summed E-state index contributed by atoms with van der Waals surface area (Å²) in [5.74, 6) is 0.802. The van der Waals surface area contributed by atoms with E-state index in [-0.39, 0.29) is 18.2 Å². The molecule has 1 aromatic heterocycles. The smallest absolute Gasteiger partial charge is 0.410 e. The first-order valence-corrected chi connectivity index (χ1v) is 8.47. The second kappa shape index (κ2) is 7.98. The van der Waals surface area contributed by atoms with E-state index in [1.165, 1.54) is 0 Å². The lowest BCUT2D eigenvalue weighted by atomic mass is 10.1. The number of aryl methyl sites for hydroxylation is 1. The Morgan fingerprint density at radius 1 is 1.54 bits per heavy atom. The normalized spacial score (nSPS) is 20.0. The molecule has 7 nitrogen and oxygen atoms in total. The van der Waals surface area contributed by atoms with Gasteiger partial charge in [-0.15, -0.1) is 0 Å². The Labute approximate surface area is 143 Å². The van der Waals surface area contributed by atoms with Gasteiger partial charge in [-0.3, -0.25) is 0 Å². The van der Waals surface area contributed by atoms with Crippen LogP contribution in [-0.4, -0.2) is 53.6 Å². The summed E-state index contributed by atoms with van der Waals surface area (Å²) in [5.41, 5.74) is 0.387. The summed E-state index contributed by atoms with van der Waals surface area (Å²) in [6.07, 6.45) is 0.519. The summed E-state index contributed by atoms with van der Waals surface area (Å²) in [7, 11) is 0. The Hall–Kier alpha value is -1.60. The van der Waals surface area contributed by atoms with Crippen molar-refractivity contribution < 1.29 is 18.8 Å². The highest BCUT2D eigenvalue weighted by Crippen LogP contribution is 2.17. The number of rotatable bonds is 5. The van der Waals surface area contributed by atoms with Crippen molar-refractivity contribution >= 4 is 6.09 Å². The van der Waals surface area contributed by atoms with Crippen molar-refractivity contribution in [1.29, 1.82) is 0 Å². The van der Waals surface area contributed by atoms with Crippen LogP contribution in [0.3, 0.4) is 0 Å². The number of nitrogens with zero attached hydrogens (tertiary/aromatic N) is 2. The topological polar surface area (TPSA) is 76.8 Å². The van der Waals surface area contributed by atoms with Gasteiger partial charge in [0, 0.05) is 25.2 Å². The first kappa shape index (κ1) is 18.7. The van der Waals surface area contributed by atoms with Crippen molar-refractivity contribution in [2.75, 3.05) is 19.8 Å². The molecule has 7 heteroatoms. The van der Waals surface area contributed by atoms with E-state index in [9.17, 15) is 4.79 Å². The number of nitrogens with one attached hydrogen (secondary N) is 1. The molecule has 1 saturated heterocycles. The van der Waals surface area contributed by atoms with Crippen LogP contribution in [0.2, 0.25) is 0 Å². The van der Waals surface area contributed by atoms with Crippen molar-refractivity contribution in [1.82, 2.24) is 15.4 Å². The molecule has 0 bridgehead atoms. The maximum absolute atomic E-state index is 12.4. The van der Waals surface area contributed by atoms with Gasteiger partial charge in [-0.05, 0) is 41.0 Å². The average Bonchev–Trinajstić information content (AvgIpc) is 2.89. The third kappa shape index (κ3) is 5.79. The van der Waals surface area contributed by atoms with Crippen LogP contribution in [0.4, 0.5) is 4.79 Å². The highest BCUT2D eigenvalue weighted by molar-refractivity contribution is 5.68. The molecule has 136 valence electrons. The fourth-order valence-electron chi connectivity index (χ4n) is 2.68. The molecule has 24 heavy (non-hydrogen) atoms. The van der Waals surface area contributed by atoms with E-state index >= 15 is 0 Å². The van der Waals surface area contributed by atoms with E-state index in [2.05, 4.69) is 17.4 Å². The molecule has 0 aromatic carbocycles. The van der Waals surface area contributed by atoms with Crippen LogP contribution < -0.4 is 5.32 Å². The molecule has 1 aliphatic heterocycles. The molecule has 1 aromatic rings. The number of ether oxygens (including phenoxy) is 2. The van der Waals surface area contributed by atoms with Gasteiger partial charge in [-0.1, -0.05) is 5.16 Å². The fourth-order valence-corrected chi connectivity index (χ4v) is 2.68. The van der Waals surface area contributed by atoms with Crippen molar-refractivity contribution in [3.63, 3.8) is 0 Å². The first-order valence-electron chi connectivity index (χ1n) is 8.47. The van der Waals surface area contributed by atoms with Gasteiger partial charge < -0.3 is 24.2 Å². The highest BCUT2D eigenvalue weighted by Gasteiger charge is 2.31. The Morgan fingerprint density at radius 3 is 2.92 bits per heavy atom. The van der Waals surface area contributed by atoms with E-state index in [0.717, 1.165) is 17.9 Å². The van der Waals surface area contributed by atoms with Gasteiger partial charge in [0.05, 0.1) is 24.9 Å². The molecule has 0 radical (unpaired) electrons. The minimum absolute atomic E-state index is 0.00939. The maximum Gasteiger partial charge on any atom is 0.410 e. The van der Waals surface area contributed by atoms with Gasteiger partial charge in [0.1, 0.15) is 11.4 Å². The second-order valence-electron chi connectivity index (χ2n) is 7.35. The monoisotopic (exact) mass is 339 g/mol. The van der Waals surface area contributed by atoms with Crippen LogP contribution in [0.5, 0.6) is 0 Å². The minimum Gasteiger partial charge on any atom is -0.444 e. The van der Waals surface area contributed by atoms with Gasteiger partial charge in [-0.25, -0.2) is 4.79 Å². The summed E-state index contributed by atoms with van der Waals surface area (Å²) >= 11 is 0. The maximum atomic E-state index is 12.4. The Balaban J connectivity index is 1.86. The zero-order valence-electron chi connectivity index (χ0n) is 15.3. The average molecular weight is 339 g/mol. The summed E-state index contributed by atoms with van der Waals surface area (Å²) < 4.78 is 16.1. The summed E-state index contributed by atoms with van der Waals surface area (Å²) in [6, 6.07) is 2.13. The SMILES string of the molecule is Cc1cc(CNC(C)CC2COCCN2C(=O)OC(C)(C)C)no1. The van der Waals surface area contributed by atoms with Gasteiger partial charge in [-0.2, -0.15) is 0 Å². The number of amides is 1. The van der Waals surface area contributed by atoms with E-state index in [1.54, 1.807) is 4.90 Å². The fraction of sp³-hybridized carbons (Fsp3) is 0.765. The summed E-state index contributed by atoms with van der Waals surface area (Å²) in [4.78, 5) is 14.2. The number of hydrogen-bond acceptors (Lipinski definition) is 6. The first-order chi connectivity index (χ1) is 11.2. The molecule has 2 rings (SSSR count). The van der Waals surface area contributed by atoms with Gasteiger partial charge >= 0.3 is 6.09 Å². The number of hydrogen-bond donors (Lipinski definition) is 1. The van der Waals surface area contributed by atoms with E-state index in [1.807, 2.05) is 33.8 Å². The van der Waals surface area contributed by atoms with Crippen LogP contribution in [0.15, 0.2) is 10.6 Å². The number of carbonyl (C=O) groups is 1. The molecule has 2 heterocycles. The number of morpholine rings is 1.